The second kappa shape index (κ2) is 4.07. The first-order chi connectivity index (χ1) is 7.20. The molecule has 0 spiro atoms. The number of H-pyrrole nitrogens is 1. The summed E-state index contributed by atoms with van der Waals surface area (Å²) in [6, 6.07) is 8.25. The zero-order valence-electron chi connectivity index (χ0n) is 8.84. The van der Waals surface area contributed by atoms with E-state index >= 15 is 0 Å². The fourth-order valence-electron chi connectivity index (χ4n) is 1.56. The molecule has 15 heavy (non-hydrogen) atoms. The molecule has 0 bridgehead atoms. The SMILES string of the molecule is Cc1cccc(-c2nc(CCl)c(C)[nH]2)c1. The molecule has 78 valence electrons. The minimum Gasteiger partial charge on any atom is -0.342 e. The summed E-state index contributed by atoms with van der Waals surface area (Å²) in [4.78, 5) is 7.70. The van der Waals surface area contributed by atoms with E-state index in [4.69, 9.17) is 11.6 Å². The van der Waals surface area contributed by atoms with E-state index in [0.29, 0.717) is 5.88 Å². The van der Waals surface area contributed by atoms with Gasteiger partial charge in [0.1, 0.15) is 5.82 Å². The molecule has 0 aliphatic rings. The van der Waals surface area contributed by atoms with Gasteiger partial charge in [0.2, 0.25) is 0 Å². The van der Waals surface area contributed by atoms with Gasteiger partial charge in [-0.3, -0.25) is 0 Å². The molecular formula is C12H13ClN2. The van der Waals surface area contributed by atoms with Crippen LogP contribution in [-0.2, 0) is 5.88 Å². The Kier molecular flexibility index (Phi) is 2.78. The Morgan fingerprint density at radius 1 is 1.33 bits per heavy atom. The van der Waals surface area contributed by atoms with Crippen molar-refractivity contribution < 1.29 is 0 Å². The van der Waals surface area contributed by atoms with Crippen molar-refractivity contribution in [2.45, 2.75) is 19.7 Å². The van der Waals surface area contributed by atoms with Gasteiger partial charge in [-0.2, -0.15) is 0 Å². The smallest absolute Gasteiger partial charge is 0.137 e. The van der Waals surface area contributed by atoms with Crippen LogP contribution in [0.25, 0.3) is 11.4 Å². The quantitative estimate of drug-likeness (QED) is 0.772. The fourth-order valence-corrected chi connectivity index (χ4v) is 1.82. The summed E-state index contributed by atoms with van der Waals surface area (Å²) < 4.78 is 0. The average molecular weight is 221 g/mol. The van der Waals surface area contributed by atoms with E-state index in [1.165, 1.54) is 5.56 Å². The number of aryl methyl sites for hydroxylation is 2. The first kappa shape index (κ1) is 10.2. The number of hydrogen-bond acceptors (Lipinski definition) is 1. The minimum absolute atomic E-state index is 0.453. The topological polar surface area (TPSA) is 28.7 Å². The second-order valence-corrected chi connectivity index (χ2v) is 3.93. The monoisotopic (exact) mass is 220 g/mol. The van der Waals surface area contributed by atoms with Crippen LogP contribution in [0.3, 0.4) is 0 Å². The zero-order valence-corrected chi connectivity index (χ0v) is 9.60. The molecule has 0 radical (unpaired) electrons. The van der Waals surface area contributed by atoms with Gasteiger partial charge in [-0.25, -0.2) is 4.98 Å². The molecule has 1 heterocycles. The maximum absolute atomic E-state index is 5.78. The number of aromatic nitrogens is 2. The van der Waals surface area contributed by atoms with Gasteiger partial charge in [0.05, 0.1) is 11.6 Å². The molecule has 0 amide bonds. The lowest BCUT2D eigenvalue weighted by Crippen LogP contribution is -1.82. The Labute approximate surface area is 94.3 Å². The van der Waals surface area contributed by atoms with Crippen molar-refractivity contribution in [1.29, 1.82) is 0 Å². The van der Waals surface area contributed by atoms with Gasteiger partial charge >= 0.3 is 0 Å². The van der Waals surface area contributed by atoms with E-state index in [2.05, 4.69) is 29.0 Å². The van der Waals surface area contributed by atoms with E-state index in [9.17, 15) is 0 Å². The van der Waals surface area contributed by atoms with E-state index in [0.717, 1.165) is 22.8 Å². The third-order valence-electron chi connectivity index (χ3n) is 2.40. The summed E-state index contributed by atoms with van der Waals surface area (Å²) in [5.41, 5.74) is 4.30. The normalized spacial score (nSPS) is 10.6. The van der Waals surface area contributed by atoms with Gasteiger partial charge in [0.15, 0.2) is 0 Å². The van der Waals surface area contributed by atoms with E-state index in [1.807, 2.05) is 19.1 Å². The number of hydrogen-bond donors (Lipinski definition) is 1. The fraction of sp³-hybridized carbons (Fsp3) is 0.250. The number of nitrogens with one attached hydrogen (secondary N) is 1. The summed E-state index contributed by atoms with van der Waals surface area (Å²) in [6.07, 6.45) is 0. The minimum atomic E-state index is 0.453. The molecule has 1 aromatic carbocycles. The van der Waals surface area contributed by atoms with E-state index in [-0.39, 0.29) is 0 Å². The summed E-state index contributed by atoms with van der Waals surface area (Å²) in [5, 5.41) is 0. The third-order valence-corrected chi connectivity index (χ3v) is 2.66. The lowest BCUT2D eigenvalue weighted by atomic mass is 10.1. The number of nitrogens with zero attached hydrogens (tertiary/aromatic N) is 1. The predicted octanol–water partition coefficient (Wildman–Crippen LogP) is 3.43. The summed E-state index contributed by atoms with van der Waals surface area (Å²) >= 11 is 5.78. The average Bonchev–Trinajstić information content (AvgIpc) is 2.60. The van der Waals surface area contributed by atoms with Crippen LogP contribution in [-0.4, -0.2) is 9.97 Å². The molecule has 0 saturated heterocycles. The Morgan fingerprint density at radius 3 is 2.73 bits per heavy atom. The molecule has 2 rings (SSSR count). The number of alkyl halides is 1. The van der Waals surface area contributed by atoms with Crippen molar-refractivity contribution >= 4 is 11.6 Å². The van der Waals surface area contributed by atoms with Gasteiger partial charge in [-0.05, 0) is 19.9 Å². The lowest BCUT2D eigenvalue weighted by molar-refractivity contribution is 1.18. The van der Waals surface area contributed by atoms with Crippen LogP contribution in [0.1, 0.15) is 17.0 Å². The molecule has 0 unspecified atom stereocenters. The maximum Gasteiger partial charge on any atom is 0.137 e. The van der Waals surface area contributed by atoms with Crippen molar-refractivity contribution in [3.8, 4) is 11.4 Å². The molecule has 0 aliphatic carbocycles. The van der Waals surface area contributed by atoms with Gasteiger partial charge in [-0.15, -0.1) is 11.6 Å². The molecule has 0 saturated carbocycles. The molecule has 1 N–H and O–H groups in total. The van der Waals surface area contributed by atoms with Gasteiger partial charge < -0.3 is 4.98 Å². The Balaban J connectivity index is 2.45. The molecule has 3 heteroatoms. The molecule has 0 aliphatic heterocycles. The van der Waals surface area contributed by atoms with E-state index < -0.39 is 0 Å². The summed E-state index contributed by atoms with van der Waals surface area (Å²) in [5.74, 6) is 1.35. The van der Waals surface area contributed by atoms with Gasteiger partial charge in [-0.1, -0.05) is 23.8 Å². The highest BCUT2D eigenvalue weighted by Crippen LogP contribution is 2.19. The highest BCUT2D eigenvalue weighted by atomic mass is 35.5. The second-order valence-electron chi connectivity index (χ2n) is 3.66. The highest BCUT2D eigenvalue weighted by molar-refractivity contribution is 6.17. The number of benzene rings is 1. The van der Waals surface area contributed by atoms with Crippen molar-refractivity contribution in [1.82, 2.24) is 9.97 Å². The maximum atomic E-state index is 5.78. The Hall–Kier alpha value is -1.28. The highest BCUT2D eigenvalue weighted by Gasteiger charge is 2.06. The summed E-state index contributed by atoms with van der Waals surface area (Å²) in [7, 11) is 0. The Morgan fingerprint density at radius 2 is 2.13 bits per heavy atom. The Bertz CT molecular complexity index is 474. The number of imidazole rings is 1. The lowest BCUT2D eigenvalue weighted by Gasteiger charge is -1.97. The molecular weight excluding hydrogens is 208 g/mol. The number of halogens is 1. The number of rotatable bonds is 2. The first-order valence-corrected chi connectivity index (χ1v) is 5.42. The van der Waals surface area contributed by atoms with Crippen molar-refractivity contribution in [2.75, 3.05) is 0 Å². The third kappa shape index (κ3) is 2.05. The van der Waals surface area contributed by atoms with Crippen LogP contribution in [0, 0.1) is 13.8 Å². The predicted molar refractivity (Wildman–Crippen MR) is 63.1 cm³/mol. The van der Waals surface area contributed by atoms with Crippen molar-refractivity contribution in [3.63, 3.8) is 0 Å². The largest absolute Gasteiger partial charge is 0.342 e. The van der Waals surface area contributed by atoms with Crippen LogP contribution >= 0.6 is 11.6 Å². The van der Waals surface area contributed by atoms with Crippen molar-refractivity contribution in [2.24, 2.45) is 0 Å². The van der Waals surface area contributed by atoms with Crippen LogP contribution < -0.4 is 0 Å². The van der Waals surface area contributed by atoms with Gasteiger partial charge in [0, 0.05) is 11.3 Å². The molecule has 2 nitrogen and oxygen atoms in total. The summed E-state index contributed by atoms with van der Waals surface area (Å²) in [6.45, 7) is 4.06. The van der Waals surface area contributed by atoms with Crippen LogP contribution in [0.15, 0.2) is 24.3 Å². The van der Waals surface area contributed by atoms with Crippen LogP contribution in [0.4, 0.5) is 0 Å². The molecule has 2 aromatic rings. The zero-order chi connectivity index (χ0) is 10.8. The number of aromatic amines is 1. The molecule has 1 aromatic heterocycles. The van der Waals surface area contributed by atoms with Crippen LogP contribution in [0.2, 0.25) is 0 Å². The van der Waals surface area contributed by atoms with Crippen LogP contribution in [0.5, 0.6) is 0 Å². The van der Waals surface area contributed by atoms with Crippen molar-refractivity contribution in [3.05, 3.63) is 41.2 Å². The first-order valence-electron chi connectivity index (χ1n) is 4.89. The standard InChI is InChI=1S/C12H13ClN2/c1-8-4-3-5-10(6-8)12-14-9(2)11(7-13)15-12/h3-6H,7H2,1-2H3,(H,14,15). The van der Waals surface area contributed by atoms with Gasteiger partial charge in [0.25, 0.3) is 0 Å². The molecule has 0 atom stereocenters. The molecule has 0 fully saturated rings. The van der Waals surface area contributed by atoms with E-state index in [1.54, 1.807) is 0 Å².